The van der Waals surface area contributed by atoms with Crippen molar-refractivity contribution in [3.63, 3.8) is 0 Å². The fourth-order valence-corrected chi connectivity index (χ4v) is 1.07. The van der Waals surface area contributed by atoms with Crippen molar-refractivity contribution in [2.45, 2.75) is 33.2 Å². The highest BCUT2D eigenvalue weighted by Gasteiger charge is 2.26. The molecule has 0 aromatic rings. The molecular weight excluding hydrogens is 168 g/mol. The minimum absolute atomic E-state index is 0.106. The van der Waals surface area contributed by atoms with Crippen LogP contribution in [0.15, 0.2) is 12.2 Å². The van der Waals surface area contributed by atoms with Crippen LogP contribution in [0.5, 0.6) is 0 Å². The Morgan fingerprint density at radius 2 is 1.92 bits per heavy atom. The summed E-state index contributed by atoms with van der Waals surface area (Å²) in [5.74, 6) is 0. The van der Waals surface area contributed by atoms with Gasteiger partial charge in [-0.25, -0.2) is 0 Å². The van der Waals surface area contributed by atoms with E-state index >= 15 is 0 Å². The topological polar surface area (TPSA) is 38.7 Å². The molecule has 0 bridgehead atoms. The molecule has 1 atom stereocenters. The monoisotopic (exact) mass is 186 g/mol. The van der Waals surface area contributed by atoms with Crippen molar-refractivity contribution in [2.75, 3.05) is 13.2 Å². The van der Waals surface area contributed by atoms with E-state index < -0.39 is 6.10 Å². The second kappa shape index (κ2) is 4.22. The Balaban J connectivity index is 2.33. The molecule has 1 heterocycles. The third-order valence-corrected chi connectivity index (χ3v) is 1.82. The van der Waals surface area contributed by atoms with Gasteiger partial charge in [-0.2, -0.15) is 0 Å². The summed E-state index contributed by atoms with van der Waals surface area (Å²) in [5.41, 5.74) is 0.106. The summed E-state index contributed by atoms with van der Waals surface area (Å²) in [4.78, 5) is 0. The SMILES string of the molecule is CC(O)C=CC1OCC(C)(C)CO1. The summed E-state index contributed by atoms with van der Waals surface area (Å²) in [6.07, 6.45) is 2.69. The Bertz CT molecular complexity index is 175. The highest BCUT2D eigenvalue weighted by molar-refractivity contribution is 4.91. The number of aliphatic hydroxyl groups excluding tert-OH is 1. The Hall–Kier alpha value is -0.380. The molecule has 13 heavy (non-hydrogen) atoms. The molecule has 0 spiro atoms. The van der Waals surface area contributed by atoms with Gasteiger partial charge in [0.25, 0.3) is 0 Å². The van der Waals surface area contributed by atoms with E-state index in [2.05, 4.69) is 13.8 Å². The lowest BCUT2D eigenvalue weighted by Crippen LogP contribution is -2.36. The normalized spacial score (nSPS) is 26.5. The molecular formula is C10H18O3. The Morgan fingerprint density at radius 3 is 2.38 bits per heavy atom. The summed E-state index contributed by atoms with van der Waals surface area (Å²) >= 11 is 0. The van der Waals surface area contributed by atoms with Crippen molar-refractivity contribution in [2.24, 2.45) is 5.41 Å². The zero-order chi connectivity index (χ0) is 9.90. The van der Waals surface area contributed by atoms with E-state index in [1.165, 1.54) is 0 Å². The molecule has 0 aromatic heterocycles. The molecule has 1 fully saturated rings. The van der Waals surface area contributed by atoms with Gasteiger partial charge in [0.15, 0.2) is 6.29 Å². The van der Waals surface area contributed by atoms with Gasteiger partial charge in [-0.15, -0.1) is 0 Å². The first-order valence-corrected chi connectivity index (χ1v) is 4.59. The fraction of sp³-hybridized carbons (Fsp3) is 0.800. The molecule has 0 saturated carbocycles. The summed E-state index contributed by atoms with van der Waals surface area (Å²) in [6.45, 7) is 7.29. The molecule has 1 aliphatic heterocycles. The van der Waals surface area contributed by atoms with Crippen LogP contribution in [0.2, 0.25) is 0 Å². The third-order valence-electron chi connectivity index (χ3n) is 1.82. The zero-order valence-corrected chi connectivity index (χ0v) is 8.49. The van der Waals surface area contributed by atoms with Crippen molar-refractivity contribution in [1.82, 2.24) is 0 Å². The van der Waals surface area contributed by atoms with Crippen LogP contribution in [0.1, 0.15) is 20.8 Å². The van der Waals surface area contributed by atoms with Crippen LogP contribution in [0, 0.1) is 5.41 Å². The quantitative estimate of drug-likeness (QED) is 0.661. The molecule has 1 N–H and O–H groups in total. The lowest BCUT2D eigenvalue weighted by atomic mass is 9.96. The average Bonchev–Trinajstić information content (AvgIpc) is 2.02. The summed E-state index contributed by atoms with van der Waals surface area (Å²) in [5, 5.41) is 8.99. The minimum Gasteiger partial charge on any atom is -0.389 e. The Kier molecular flexibility index (Phi) is 3.47. The number of hydrogen-bond donors (Lipinski definition) is 1. The number of ether oxygens (including phenoxy) is 2. The molecule has 76 valence electrons. The first kappa shape index (κ1) is 10.7. The first-order valence-electron chi connectivity index (χ1n) is 4.59. The van der Waals surface area contributed by atoms with Crippen LogP contribution in [0.4, 0.5) is 0 Å². The summed E-state index contributed by atoms with van der Waals surface area (Å²) in [6, 6.07) is 0. The van der Waals surface area contributed by atoms with Gasteiger partial charge in [0, 0.05) is 5.41 Å². The van der Waals surface area contributed by atoms with E-state index in [0.717, 1.165) is 0 Å². The molecule has 0 aromatic carbocycles. The molecule has 1 rings (SSSR count). The van der Waals surface area contributed by atoms with Crippen LogP contribution in [0.3, 0.4) is 0 Å². The highest BCUT2D eigenvalue weighted by Crippen LogP contribution is 2.23. The van der Waals surface area contributed by atoms with E-state index in [9.17, 15) is 0 Å². The number of hydrogen-bond acceptors (Lipinski definition) is 3. The molecule has 1 unspecified atom stereocenters. The van der Waals surface area contributed by atoms with Gasteiger partial charge in [0.2, 0.25) is 0 Å². The van der Waals surface area contributed by atoms with Gasteiger partial charge in [-0.3, -0.25) is 0 Å². The molecule has 1 saturated heterocycles. The van der Waals surface area contributed by atoms with Crippen LogP contribution in [0.25, 0.3) is 0 Å². The molecule has 3 heteroatoms. The molecule has 3 nitrogen and oxygen atoms in total. The van der Waals surface area contributed by atoms with Gasteiger partial charge in [-0.05, 0) is 13.0 Å². The van der Waals surface area contributed by atoms with Crippen molar-refractivity contribution in [1.29, 1.82) is 0 Å². The Labute approximate surface area is 79.3 Å². The first-order chi connectivity index (χ1) is 5.99. The van der Waals surface area contributed by atoms with E-state index in [-0.39, 0.29) is 11.7 Å². The Morgan fingerprint density at radius 1 is 1.38 bits per heavy atom. The van der Waals surface area contributed by atoms with Gasteiger partial charge < -0.3 is 14.6 Å². The predicted molar refractivity (Wildman–Crippen MR) is 50.3 cm³/mol. The maximum absolute atomic E-state index is 8.99. The van der Waals surface area contributed by atoms with Crippen molar-refractivity contribution >= 4 is 0 Å². The minimum atomic E-state index is -0.442. The van der Waals surface area contributed by atoms with Gasteiger partial charge >= 0.3 is 0 Å². The highest BCUT2D eigenvalue weighted by atomic mass is 16.7. The standard InChI is InChI=1S/C10H18O3/c1-8(11)4-5-9-12-6-10(2,3)7-13-9/h4-5,8-9,11H,6-7H2,1-3H3. The average molecular weight is 186 g/mol. The second-order valence-electron chi connectivity index (χ2n) is 4.28. The largest absolute Gasteiger partial charge is 0.389 e. The third kappa shape index (κ3) is 3.89. The zero-order valence-electron chi connectivity index (χ0n) is 8.49. The van der Waals surface area contributed by atoms with Gasteiger partial charge in [-0.1, -0.05) is 19.9 Å². The summed E-state index contributed by atoms with van der Waals surface area (Å²) < 4.78 is 10.8. The number of rotatable bonds is 2. The van der Waals surface area contributed by atoms with Crippen LogP contribution in [-0.2, 0) is 9.47 Å². The molecule has 0 aliphatic carbocycles. The van der Waals surface area contributed by atoms with E-state index in [0.29, 0.717) is 13.2 Å². The van der Waals surface area contributed by atoms with E-state index in [1.54, 1.807) is 19.1 Å². The van der Waals surface area contributed by atoms with E-state index in [1.807, 2.05) is 0 Å². The van der Waals surface area contributed by atoms with Gasteiger partial charge in [0.05, 0.1) is 19.3 Å². The fourth-order valence-electron chi connectivity index (χ4n) is 1.07. The summed E-state index contributed by atoms with van der Waals surface area (Å²) in [7, 11) is 0. The lowest BCUT2D eigenvalue weighted by molar-refractivity contribution is -0.197. The van der Waals surface area contributed by atoms with Crippen molar-refractivity contribution < 1.29 is 14.6 Å². The van der Waals surface area contributed by atoms with Crippen LogP contribution >= 0.6 is 0 Å². The molecule has 1 aliphatic rings. The molecule has 0 amide bonds. The van der Waals surface area contributed by atoms with Gasteiger partial charge in [0.1, 0.15) is 0 Å². The number of aliphatic hydroxyl groups is 1. The predicted octanol–water partition coefficient (Wildman–Crippen LogP) is 1.32. The van der Waals surface area contributed by atoms with Crippen LogP contribution < -0.4 is 0 Å². The molecule has 0 radical (unpaired) electrons. The van der Waals surface area contributed by atoms with E-state index in [4.69, 9.17) is 14.6 Å². The second-order valence-corrected chi connectivity index (χ2v) is 4.28. The lowest BCUT2D eigenvalue weighted by Gasteiger charge is -2.33. The maximum atomic E-state index is 8.99. The van der Waals surface area contributed by atoms with Crippen molar-refractivity contribution in [3.05, 3.63) is 12.2 Å². The van der Waals surface area contributed by atoms with Crippen LogP contribution in [-0.4, -0.2) is 30.7 Å². The maximum Gasteiger partial charge on any atom is 0.176 e. The smallest absolute Gasteiger partial charge is 0.176 e. The van der Waals surface area contributed by atoms with Crippen molar-refractivity contribution in [3.8, 4) is 0 Å².